The van der Waals surface area contributed by atoms with Gasteiger partial charge in [0.2, 0.25) is 5.88 Å². The Labute approximate surface area is 171 Å². The quantitative estimate of drug-likeness (QED) is 0.454. The van der Waals surface area contributed by atoms with Crippen LogP contribution >= 0.6 is 22.7 Å². The molecule has 0 radical (unpaired) electrons. The molecule has 0 fully saturated rings. The van der Waals surface area contributed by atoms with Crippen molar-refractivity contribution in [3.05, 3.63) is 52.4 Å². The van der Waals surface area contributed by atoms with Crippen LogP contribution in [-0.2, 0) is 6.61 Å². The van der Waals surface area contributed by atoms with E-state index in [0.29, 0.717) is 28.6 Å². The van der Waals surface area contributed by atoms with Gasteiger partial charge in [-0.1, -0.05) is 5.21 Å². The largest absolute Gasteiger partial charge is 0.469 e. The molecule has 11 heteroatoms. The summed E-state index contributed by atoms with van der Waals surface area (Å²) >= 11 is 2.94. The molecular formula is C18H12FN7OS2. The van der Waals surface area contributed by atoms with Gasteiger partial charge in [-0.2, -0.15) is 5.10 Å². The highest BCUT2D eigenvalue weighted by Crippen LogP contribution is 2.35. The molecule has 1 aromatic carbocycles. The van der Waals surface area contributed by atoms with Crippen molar-refractivity contribution in [2.24, 2.45) is 0 Å². The number of hydrogen-bond donors (Lipinski definition) is 1. The van der Waals surface area contributed by atoms with Gasteiger partial charge in [0.1, 0.15) is 27.7 Å². The fourth-order valence-corrected chi connectivity index (χ4v) is 4.61. The molecule has 0 atom stereocenters. The molecule has 144 valence electrons. The molecule has 0 aliphatic heterocycles. The van der Waals surface area contributed by atoms with E-state index in [2.05, 4.69) is 35.6 Å². The Bertz CT molecular complexity index is 1300. The Morgan fingerprint density at radius 2 is 2.14 bits per heavy atom. The van der Waals surface area contributed by atoms with Gasteiger partial charge in [0.25, 0.3) is 0 Å². The number of rotatable bonds is 5. The first-order valence-corrected chi connectivity index (χ1v) is 10.2. The summed E-state index contributed by atoms with van der Waals surface area (Å²) in [5.74, 6) is 0.0415. The summed E-state index contributed by atoms with van der Waals surface area (Å²) in [7, 11) is 0. The van der Waals surface area contributed by atoms with Gasteiger partial charge in [-0.15, -0.1) is 32.9 Å². The maximum absolute atomic E-state index is 14.2. The Morgan fingerprint density at radius 1 is 1.21 bits per heavy atom. The summed E-state index contributed by atoms with van der Waals surface area (Å²) in [5.41, 5.74) is 3.08. The Kier molecular flexibility index (Phi) is 4.45. The molecule has 8 nitrogen and oxygen atoms in total. The van der Waals surface area contributed by atoms with Crippen LogP contribution in [0.5, 0.6) is 5.88 Å². The summed E-state index contributed by atoms with van der Waals surface area (Å²) in [4.78, 5) is 10.2. The van der Waals surface area contributed by atoms with Crippen molar-refractivity contribution in [1.82, 2.24) is 35.6 Å². The molecule has 0 amide bonds. The fourth-order valence-electron chi connectivity index (χ4n) is 2.80. The zero-order valence-corrected chi connectivity index (χ0v) is 16.6. The van der Waals surface area contributed by atoms with E-state index in [1.54, 1.807) is 24.4 Å². The van der Waals surface area contributed by atoms with Gasteiger partial charge in [-0.25, -0.2) is 14.4 Å². The average molecular weight is 425 g/mol. The van der Waals surface area contributed by atoms with E-state index in [1.165, 1.54) is 28.7 Å². The van der Waals surface area contributed by atoms with Crippen LogP contribution in [0.4, 0.5) is 4.39 Å². The normalized spacial score (nSPS) is 11.2. The van der Waals surface area contributed by atoms with Gasteiger partial charge in [-0.3, -0.25) is 5.10 Å². The third kappa shape index (κ3) is 3.45. The first-order chi connectivity index (χ1) is 14.2. The van der Waals surface area contributed by atoms with Crippen LogP contribution in [0.25, 0.3) is 32.2 Å². The van der Waals surface area contributed by atoms with E-state index >= 15 is 0 Å². The van der Waals surface area contributed by atoms with Crippen LogP contribution in [-0.4, -0.2) is 35.6 Å². The van der Waals surface area contributed by atoms with E-state index in [-0.39, 0.29) is 5.52 Å². The standard InChI is InChI=1S/C18H12FN7OS2/c1-9-17(29-15(21-9)7-27-14-3-2-4-20-24-14)13-8-28-18(22-13)10-5-11(19)16-12(6-10)23-26-25-16/h2-6,8H,7H2,1H3,(H,23,25,26). The molecule has 29 heavy (non-hydrogen) atoms. The summed E-state index contributed by atoms with van der Waals surface area (Å²) in [5, 5.41) is 21.2. The third-order valence-corrected chi connectivity index (χ3v) is 6.15. The van der Waals surface area contributed by atoms with Crippen LogP contribution in [0.15, 0.2) is 35.8 Å². The molecule has 0 spiro atoms. The van der Waals surface area contributed by atoms with Crippen molar-refractivity contribution >= 4 is 33.7 Å². The van der Waals surface area contributed by atoms with Crippen LogP contribution < -0.4 is 4.74 Å². The fraction of sp³-hybridized carbons (Fsp3) is 0.111. The summed E-state index contributed by atoms with van der Waals surface area (Å²) in [6.45, 7) is 2.23. The number of nitrogens with one attached hydrogen (secondary N) is 1. The van der Waals surface area contributed by atoms with E-state index in [1.807, 2.05) is 12.3 Å². The Balaban J connectivity index is 1.40. The maximum atomic E-state index is 14.2. The molecule has 0 saturated heterocycles. The molecular weight excluding hydrogens is 413 g/mol. The van der Waals surface area contributed by atoms with Crippen LogP contribution in [0, 0.1) is 12.7 Å². The van der Waals surface area contributed by atoms with Gasteiger partial charge in [0.15, 0.2) is 5.82 Å². The van der Waals surface area contributed by atoms with Crippen molar-refractivity contribution in [2.75, 3.05) is 0 Å². The lowest BCUT2D eigenvalue weighted by Gasteiger charge is -2.00. The van der Waals surface area contributed by atoms with Crippen molar-refractivity contribution in [3.8, 4) is 27.0 Å². The van der Waals surface area contributed by atoms with Gasteiger partial charge in [0, 0.05) is 23.2 Å². The Hall–Kier alpha value is -3.31. The lowest BCUT2D eigenvalue weighted by molar-refractivity contribution is 0.289. The molecule has 4 heterocycles. The van der Waals surface area contributed by atoms with E-state index in [0.717, 1.165) is 21.3 Å². The molecule has 0 unspecified atom stereocenters. The molecule has 0 aliphatic rings. The predicted octanol–water partition coefficient (Wildman–Crippen LogP) is 4.02. The number of aromatic nitrogens is 7. The molecule has 5 rings (SSSR count). The number of ether oxygens (including phenoxy) is 1. The highest BCUT2D eigenvalue weighted by atomic mass is 32.1. The molecule has 0 bridgehead atoms. The number of H-pyrrole nitrogens is 1. The average Bonchev–Trinajstić information content (AvgIpc) is 3.46. The number of benzene rings is 1. The van der Waals surface area contributed by atoms with Crippen LogP contribution in [0.3, 0.4) is 0 Å². The molecule has 4 aromatic heterocycles. The number of fused-ring (bicyclic) bond motifs is 1. The molecule has 5 aromatic rings. The minimum atomic E-state index is -0.406. The first kappa shape index (κ1) is 17.8. The summed E-state index contributed by atoms with van der Waals surface area (Å²) < 4.78 is 19.8. The third-order valence-electron chi connectivity index (χ3n) is 4.10. The van der Waals surface area contributed by atoms with Gasteiger partial charge >= 0.3 is 0 Å². The predicted molar refractivity (Wildman–Crippen MR) is 107 cm³/mol. The zero-order chi connectivity index (χ0) is 19.8. The molecule has 1 N–H and O–H groups in total. The summed E-state index contributed by atoms with van der Waals surface area (Å²) in [6.07, 6.45) is 1.59. The number of nitrogens with zero attached hydrogens (tertiary/aromatic N) is 6. The second-order valence-electron chi connectivity index (χ2n) is 6.07. The SMILES string of the molecule is Cc1nc(COc2cccnn2)sc1-c1csc(-c2cc(F)c3[nH]nnc3c2)n1. The van der Waals surface area contributed by atoms with Gasteiger partial charge in [-0.05, 0) is 25.1 Å². The van der Waals surface area contributed by atoms with Crippen LogP contribution in [0.1, 0.15) is 10.7 Å². The summed E-state index contributed by atoms with van der Waals surface area (Å²) in [6, 6.07) is 6.71. The van der Waals surface area contributed by atoms with Gasteiger partial charge in [0.05, 0.1) is 16.3 Å². The van der Waals surface area contributed by atoms with E-state index < -0.39 is 5.82 Å². The number of halogens is 1. The Morgan fingerprint density at radius 3 is 3.00 bits per heavy atom. The topological polar surface area (TPSA) is 102 Å². The van der Waals surface area contributed by atoms with Crippen molar-refractivity contribution in [3.63, 3.8) is 0 Å². The monoisotopic (exact) mass is 425 g/mol. The second-order valence-corrected chi connectivity index (χ2v) is 8.02. The number of aromatic amines is 1. The van der Waals surface area contributed by atoms with Crippen LogP contribution in [0.2, 0.25) is 0 Å². The highest BCUT2D eigenvalue weighted by molar-refractivity contribution is 7.16. The minimum Gasteiger partial charge on any atom is -0.469 e. The van der Waals surface area contributed by atoms with E-state index in [4.69, 9.17) is 4.74 Å². The van der Waals surface area contributed by atoms with Crippen molar-refractivity contribution in [2.45, 2.75) is 13.5 Å². The smallest absolute Gasteiger partial charge is 0.233 e. The van der Waals surface area contributed by atoms with Gasteiger partial charge < -0.3 is 4.74 Å². The lowest BCUT2D eigenvalue weighted by atomic mass is 10.2. The number of hydrogen-bond acceptors (Lipinski definition) is 9. The van der Waals surface area contributed by atoms with Crippen molar-refractivity contribution < 1.29 is 9.13 Å². The second kappa shape index (κ2) is 7.26. The number of thiazole rings is 2. The highest BCUT2D eigenvalue weighted by Gasteiger charge is 2.16. The number of aryl methyl sites for hydroxylation is 1. The van der Waals surface area contributed by atoms with Crippen molar-refractivity contribution in [1.29, 1.82) is 0 Å². The molecule has 0 saturated carbocycles. The lowest BCUT2D eigenvalue weighted by Crippen LogP contribution is -1.97. The zero-order valence-electron chi connectivity index (χ0n) is 15.0. The first-order valence-electron chi connectivity index (χ1n) is 8.51. The van der Waals surface area contributed by atoms with E-state index in [9.17, 15) is 4.39 Å². The minimum absolute atomic E-state index is 0.288. The maximum Gasteiger partial charge on any atom is 0.233 e. The molecule has 0 aliphatic carbocycles.